The number of aryl methyl sites for hydroxylation is 1. The van der Waals surface area contributed by atoms with Gasteiger partial charge in [-0.25, -0.2) is 4.39 Å². The van der Waals surface area contributed by atoms with E-state index in [4.69, 9.17) is 9.26 Å². The third kappa shape index (κ3) is 5.52. The van der Waals surface area contributed by atoms with E-state index >= 15 is 0 Å². The quantitative estimate of drug-likeness (QED) is 0.821. The molecule has 1 N–H and O–H groups in total. The van der Waals surface area contributed by atoms with Crippen molar-refractivity contribution in [2.24, 2.45) is 0 Å². The standard InChI is InChI=1S/C18H24FN3O3/c1-14-10-16(20-25-14)11-21-6-8-22(9-7-21)12-17(23)13-24-18-4-2-15(19)3-5-18/h2-5,10,17,23H,6-9,11-13H2,1H3. The van der Waals surface area contributed by atoms with Crippen LogP contribution in [0.3, 0.4) is 0 Å². The summed E-state index contributed by atoms with van der Waals surface area (Å²) in [6, 6.07) is 7.77. The normalized spacial score (nSPS) is 17.6. The monoisotopic (exact) mass is 349 g/mol. The van der Waals surface area contributed by atoms with E-state index in [1.165, 1.54) is 12.1 Å². The molecule has 0 radical (unpaired) electrons. The fraction of sp³-hybridized carbons (Fsp3) is 0.500. The molecule has 1 aliphatic heterocycles. The Kier molecular flexibility index (Phi) is 6.01. The number of benzene rings is 1. The molecule has 3 rings (SSSR count). The van der Waals surface area contributed by atoms with Crippen LogP contribution in [0.25, 0.3) is 0 Å². The molecule has 2 heterocycles. The number of aliphatic hydroxyl groups is 1. The van der Waals surface area contributed by atoms with Crippen LogP contribution in [0.4, 0.5) is 4.39 Å². The Morgan fingerprint density at radius 2 is 1.88 bits per heavy atom. The maximum absolute atomic E-state index is 12.8. The van der Waals surface area contributed by atoms with Gasteiger partial charge in [0.2, 0.25) is 0 Å². The Balaban J connectivity index is 1.35. The van der Waals surface area contributed by atoms with Crippen molar-refractivity contribution in [3.8, 4) is 5.75 Å². The number of piperazine rings is 1. The van der Waals surface area contributed by atoms with E-state index in [1.54, 1.807) is 12.1 Å². The third-order valence-electron chi connectivity index (χ3n) is 4.25. The second kappa shape index (κ2) is 8.42. The molecule has 1 unspecified atom stereocenters. The Hall–Kier alpha value is -1.96. The molecular weight excluding hydrogens is 325 g/mol. The molecule has 0 bridgehead atoms. The van der Waals surface area contributed by atoms with Crippen molar-refractivity contribution in [1.29, 1.82) is 0 Å². The highest BCUT2D eigenvalue weighted by atomic mass is 19.1. The lowest BCUT2D eigenvalue weighted by Crippen LogP contribution is -2.48. The van der Waals surface area contributed by atoms with Crippen molar-refractivity contribution in [3.05, 3.63) is 47.6 Å². The number of ether oxygens (including phenoxy) is 1. The zero-order chi connectivity index (χ0) is 17.6. The SMILES string of the molecule is Cc1cc(CN2CCN(CC(O)COc3ccc(F)cc3)CC2)no1. The van der Waals surface area contributed by atoms with Crippen LogP contribution in [0.2, 0.25) is 0 Å². The molecule has 0 amide bonds. The number of nitrogens with zero attached hydrogens (tertiary/aromatic N) is 3. The minimum Gasteiger partial charge on any atom is -0.491 e. The number of β-amino-alcohol motifs (C(OH)–C–C–N with tert-alkyl or cyclic N) is 1. The van der Waals surface area contributed by atoms with Crippen LogP contribution >= 0.6 is 0 Å². The van der Waals surface area contributed by atoms with Crippen LogP contribution in [-0.4, -0.2) is 65.5 Å². The van der Waals surface area contributed by atoms with Crippen LogP contribution in [-0.2, 0) is 6.54 Å². The van der Waals surface area contributed by atoms with E-state index in [0.717, 1.165) is 44.2 Å². The molecule has 1 aliphatic rings. The van der Waals surface area contributed by atoms with Crippen LogP contribution < -0.4 is 4.74 Å². The van der Waals surface area contributed by atoms with E-state index in [0.29, 0.717) is 12.3 Å². The van der Waals surface area contributed by atoms with E-state index in [-0.39, 0.29) is 12.4 Å². The van der Waals surface area contributed by atoms with Gasteiger partial charge in [0.05, 0.1) is 5.69 Å². The van der Waals surface area contributed by atoms with Gasteiger partial charge in [0.1, 0.15) is 30.0 Å². The summed E-state index contributed by atoms with van der Waals surface area (Å²) in [5, 5.41) is 14.2. The highest BCUT2D eigenvalue weighted by Crippen LogP contribution is 2.12. The van der Waals surface area contributed by atoms with Crippen molar-refractivity contribution < 1.29 is 18.8 Å². The summed E-state index contributed by atoms with van der Waals surface area (Å²) in [7, 11) is 0. The summed E-state index contributed by atoms with van der Waals surface area (Å²) in [5.74, 6) is 1.10. The summed E-state index contributed by atoms with van der Waals surface area (Å²) < 4.78 is 23.4. The number of hydrogen-bond acceptors (Lipinski definition) is 6. The zero-order valence-electron chi connectivity index (χ0n) is 14.4. The molecule has 1 aromatic heterocycles. The lowest BCUT2D eigenvalue weighted by molar-refractivity contribution is 0.0442. The highest BCUT2D eigenvalue weighted by molar-refractivity contribution is 5.22. The maximum Gasteiger partial charge on any atom is 0.133 e. The van der Waals surface area contributed by atoms with Crippen LogP contribution in [0.15, 0.2) is 34.9 Å². The second-order valence-corrected chi connectivity index (χ2v) is 6.42. The van der Waals surface area contributed by atoms with Crippen molar-refractivity contribution in [2.45, 2.75) is 19.6 Å². The van der Waals surface area contributed by atoms with E-state index in [2.05, 4.69) is 15.0 Å². The summed E-state index contributed by atoms with van der Waals surface area (Å²) in [6.45, 7) is 7.09. The summed E-state index contributed by atoms with van der Waals surface area (Å²) in [5.41, 5.74) is 0.957. The van der Waals surface area contributed by atoms with Crippen molar-refractivity contribution in [3.63, 3.8) is 0 Å². The first kappa shape index (κ1) is 17.8. The van der Waals surface area contributed by atoms with E-state index in [9.17, 15) is 9.50 Å². The number of aliphatic hydroxyl groups excluding tert-OH is 1. The lowest BCUT2D eigenvalue weighted by atomic mass is 10.2. The van der Waals surface area contributed by atoms with E-state index in [1.807, 2.05) is 13.0 Å². The predicted octanol–water partition coefficient (Wildman–Crippen LogP) is 1.68. The van der Waals surface area contributed by atoms with Crippen molar-refractivity contribution in [1.82, 2.24) is 15.0 Å². The number of hydrogen-bond donors (Lipinski definition) is 1. The number of rotatable bonds is 7. The fourth-order valence-corrected chi connectivity index (χ4v) is 2.93. The predicted molar refractivity (Wildman–Crippen MR) is 90.9 cm³/mol. The molecule has 0 spiro atoms. The van der Waals surface area contributed by atoms with Gasteiger partial charge in [-0.2, -0.15) is 0 Å². The first-order valence-electron chi connectivity index (χ1n) is 8.52. The Morgan fingerprint density at radius 3 is 2.52 bits per heavy atom. The molecule has 1 saturated heterocycles. The average molecular weight is 349 g/mol. The Bertz CT molecular complexity index is 654. The van der Waals surface area contributed by atoms with Gasteiger partial charge in [0, 0.05) is 45.3 Å². The molecule has 2 aromatic rings. The molecule has 0 aliphatic carbocycles. The molecule has 25 heavy (non-hydrogen) atoms. The molecule has 1 aromatic carbocycles. The molecule has 1 fully saturated rings. The largest absolute Gasteiger partial charge is 0.491 e. The van der Waals surface area contributed by atoms with Crippen molar-refractivity contribution in [2.75, 3.05) is 39.3 Å². The summed E-state index contributed by atoms with van der Waals surface area (Å²) in [6.07, 6.45) is -0.574. The van der Waals surface area contributed by atoms with Gasteiger partial charge >= 0.3 is 0 Å². The smallest absolute Gasteiger partial charge is 0.133 e. The Labute approximate surface area is 146 Å². The van der Waals surface area contributed by atoms with Crippen LogP contribution in [0, 0.1) is 12.7 Å². The van der Waals surface area contributed by atoms with Gasteiger partial charge in [0.15, 0.2) is 0 Å². The highest BCUT2D eigenvalue weighted by Gasteiger charge is 2.20. The fourth-order valence-electron chi connectivity index (χ4n) is 2.93. The maximum atomic E-state index is 12.8. The van der Waals surface area contributed by atoms with E-state index < -0.39 is 6.10 Å². The topological polar surface area (TPSA) is 62.0 Å². The molecular formula is C18H24FN3O3. The first-order chi connectivity index (χ1) is 12.1. The van der Waals surface area contributed by atoms with Gasteiger partial charge in [-0.05, 0) is 31.2 Å². The average Bonchev–Trinajstić information content (AvgIpc) is 3.01. The summed E-state index contributed by atoms with van der Waals surface area (Å²) >= 11 is 0. The van der Waals surface area contributed by atoms with Gasteiger partial charge in [-0.15, -0.1) is 0 Å². The van der Waals surface area contributed by atoms with Crippen LogP contribution in [0.5, 0.6) is 5.75 Å². The molecule has 7 heteroatoms. The first-order valence-corrected chi connectivity index (χ1v) is 8.52. The second-order valence-electron chi connectivity index (χ2n) is 6.42. The molecule has 6 nitrogen and oxygen atoms in total. The zero-order valence-corrected chi connectivity index (χ0v) is 14.4. The van der Waals surface area contributed by atoms with Crippen molar-refractivity contribution >= 4 is 0 Å². The van der Waals surface area contributed by atoms with Gasteiger partial charge in [-0.1, -0.05) is 5.16 Å². The number of halogens is 1. The number of aromatic nitrogens is 1. The van der Waals surface area contributed by atoms with Gasteiger partial charge < -0.3 is 14.4 Å². The van der Waals surface area contributed by atoms with Gasteiger partial charge in [-0.3, -0.25) is 9.80 Å². The molecule has 136 valence electrons. The molecule has 1 atom stereocenters. The third-order valence-corrected chi connectivity index (χ3v) is 4.25. The lowest BCUT2D eigenvalue weighted by Gasteiger charge is -2.35. The minimum atomic E-state index is -0.574. The minimum absolute atomic E-state index is 0.198. The van der Waals surface area contributed by atoms with Gasteiger partial charge in [0.25, 0.3) is 0 Å². The molecule has 0 saturated carbocycles. The van der Waals surface area contributed by atoms with Crippen LogP contribution in [0.1, 0.15) is 11.5 Å². The summed E-state index contributed by atoms with van der Waals surface area (Å²) in [4.78, 5) is 4.55. The Morgan fingerprint density at radius 1 is 1.20 bits per heavy atom.